The molecule has 0 radical (unpaired) electrons. The molecule has 7 heteroatoms. The summed E-state index contributed by atoms with van der Waals surface area (Å²) >= 11 is 0. The van der Waals surface area contributed by atoms with E-state index in [0.29, 0.717) is 24.7 Å². The first-order valence-electron chi connectivity index (χ1n) is 8.85. The fourth-order valence-electron chi connectivity index (χ4n) is 3.98. The van der Waals surface area contributed by atoms with Crippen molar-refractivity contribution >= 4 is 0 Å². The Morgan fingerprint density at radius 3 is 2.38 bits per heavy atom. The standard InChI is InChI=1S/C19H28O7/c1-6-24-12-9-7-8-11-15(12)26-19-14(16(11)21-3)18(23-5)17(22-4)13(25-19)10-20-2/h7-9,13-14,16-19H,6,10H2,1-5H3/t13-,14+,16+,17-,18-,19+/m1/s1. The maximum absolute atomic E-state index is 6.23. The number of ether oxygens (including phenoxy) is 7. The highest BCUT2D eigenvalue weighted by molar-refractivity contribution is 5.49. The van der Waals surface area contributed by atoms with Crippen molar-refractivity contribution in [3.63, 3.8) is 0 Å². The monoisotopic (exact) mass is 368 g/mol. The van der Waals surface area contributed by atoms with Crippen LogP contribution < -0.4 is 9.47 Å². The van der Waals surface area contributed by atoms with Gasteiger partial charge in [-0.1, -0.05) is 12.1 Å². The molecule has 0 amide bonds. The molecule has 0 unspecified atom stereocenters. The van der Waals surface area contributed by atoms with Crippen LogP contribution in [0, 0.1) is 5.92 Å². The number of hydrogen-bond acceptors (Lipinski definition) is 7. The first kappa shape index (κ1) is 19.4. The van der Waals surface area contributed by atoms with E-state index in [1.807, 2.05) is 25.1 Å². The molecule has 0 aliphatic carbocycles. The van der Waals surface area contributed by atoms with Crippen molar-refractivity contribution in [3.05, 3.63) is 23.8 Å². The van der Waals surface area contributed by atoms with Gasteiger partial charge in [-0.3, -0.25) is 0 Å². The minimum atomic E-state index is -0.550. The smallest absolute Gasteiger partial charge is 0.208 e. The van der Waals surface area contributed by atoms with Gasteiger partial charge in [-0.05, 0) is 13.0 Å². The Morgan fingerprint density at radius 2 is 1.77 bits per heavy atom. The molecule has 146 valence electrons. The van der Waals surface area contributed by atoms with Crippen molar-refractivity contribution < 1.29 is 33.2 Å². The van der Waals surface area contributed by atoms with Gasteiger partial charge in [0.1, 0.15) is 12.2 Å². The second kappa shape index (κ2) is 8.54. The summed E-state index contributed by atoms with van der Waals surface area (Å²) in [7, 11) is 6.63. The van der Waals surface area contributed by atoms with Gasteiger partial charge in [0.15, 0.2) is 11.5 Å². The Labute approximate surface area is 154 Å². The van der Waals surface area contributed by atoms with Gasteiger partial charge in [-0.2, -0.15) is 0 Å². The summed E-state index contributed by atoms with van der Waals surface area (Å²) in [5.41, 5.74) is 0.922. The molecule has 0 aromatic heterocycles. The third kappa shape index (κ3) is 3.30. The van der Waals surface area contributed by atoms with Gasteiger partial charge < -0.3 is 33.2 Å². The molecule has 6 atom stereocenters. The van der Waals surface area contributed by atoms with E-state index in [2.05, 4.69) is 0 Å². The van der Waals surface area contributed by atoms with Gasteiger partial charge in [-0.15, -0.1) is 0 Å². The van der Waals surface area contributed by atoms with Crippen molar-refractivity contribution in [2.75, 3.05) is 41.7 Å². The van der Waals surface area contributed by atoms with Crippen LogP contribution in [-0.2, 0) is 23.7 Å². The van der Waals surface area contributed by atoms with Crippen LogP contribution >= 0.6 is 0 Å². The highest BCUT2D eigenvalue weighted by atomic mass is 16.7. The number of fused-ring (bicyclic) bond motifs is 2. The second-order valence-corrected chi connectivity index (χ2v) is 6.36. The van der Waals surface area contributed by atoms with Crippen LogP contribution in [0.1, 0.15) is 18.6 Å². The maximum atomic E-state index is 6.23. The van der Waals surface area contributed by atoms with Crippen molar-refractivity contribution in [2.45, 2.75) is 37.6 Å². The van der Waals surface area contributed by atoms with E-state index in [0.717, 1.165) is 5.56 Å². The molecule has 1 aromatic rings. The predicted molar refractivity (Wildman–Crippen MR) is 93.6 cm³/mol. The van der Waals surface area contributed by atoms with Crippen molar-refractivity contribution in [3.8, 4) is 11.5 Å². The molecule has 1 fully saturated rings. The molecule has 0 bridgehead atoms. The first-order valence-corrected chi connectivity index (χ1v) is 8.85. The highest BCUT2D eigenvalue weighted by Gasteiger charge is 2.54. The minimum absolute atomic E-state index is 0.188. The van der Waals surface area contributed by atoms with Crippen LogP contribution in [-0.4, -0.2) is 66.3 Å². The molecule has 7 nitrogen and oxygen atoms in total. The van der Waals surface area contributed by atoms with Crippen molar-refractivity contribution in [1.82, 2.24) is 0 Å². The molecule has 3 rings (SSSR count). The zero-order valence-electron chi connectivity index (χ0n) is 16.0. The minimum Gasteiger partial charge on any atom is -0.490 e. The largest absolute Gasteiger partial charge is 0.490 e. The first-order chi connectivity index (χ1) is 12.7. The van der Waals surface area contributed by atoms with E-state index in [4.69, 9.17) is 33.2 Å². The zero-order chi connectivity index (χ0) is 18.7. The molecule has 2 aliphatic heterocycles. The van der Waals surface area contributed by atoms with Gasteiger partial charge in [-0.25, -0.2) is 0 Å². The van der Waals surface area contributed by atoms with Crippen molar-refractivity contribution in [1.29, 1.82) is 0 Å². The summed E-state index contributed by atoms with van der Waals surface area (Å²) in [6, 6.07) is 5.81. The van der Waals surface area contributed by atoms with Gasteiger partial charge >= 0.3 is 0 Å². The quantitative estimate of drug-likeness (QED) is 0.731. The Bertz CT molecular complexity index is 593. The van der Waals surface area contributed by atoms with Gasteiger partial charge in [0.05, 0.1) is 31.3 Å². The van der Waals surface area contributed by atoms with Gasteiger partial charge in [0.2, 0.25) is 6.29 Å². The van der Waals surface area contributed by atoms with Crippen LogP contribution in [0.3, 0.4) is 0 Å². The van der Waals surface area contributed by atoms with Crippen LogP contribution in [0.4, 0.5) is 0 Å². The lowest BCUT2D eigenvalue weighted by molar-refractivity contribution is -0.295. The average Bonchev–Trinajstić information content (AvgIpc) is 2.66. The third-order valence-electron chi connectivity index (χ3n) is 5.02. The Balaban J connectivity index is 2.02. The summed E-state index contributed by atoms with van der Waals surface area (Å²) in [5, 5.41) is 0. The lowest BCUT2D eigenvalue weighted by Gasteiger charge is -2.49. The van der Waals surface area contributed by atoms with Crippen LogP contribution in [0.15, 0.2) is 18.2 Å². The molecule has 0 saturated carbocycles. The van der Waals surface area contributed by atoms with Crippen LogP contribution in [0.2, 0.25) is 0 Å². The fourth-order valence-corrected chi connectivity index (χ4v) is 3.98. The molecular formula is C19H28O7. The molecule has 0 N–H and O–H groups in total. The number of methoxy groups -OCH3 is 4. The molecule has 1 saturated heterocycles. The van der Waals surface area contributed by atoms with E-state index < -0.39 is 6.29 Å². The Hall–Kier alpha value is -1.38. The van der Waals surface area contributed by atoms with E-state index in [1.165, 1.54) is 0 Å². The van der Waals surface area contributed by atoms with E-state index in [9.17, 15) is 0 Å². The average molecular weight is 368 g/mol. The van der Waals surface area contributed by atoms with Gasteiger partial charge in [0, 0.05) is 34.0 Å². The van der Waals surface area contributed by atoms with Crippen LogP contribution in [0.5, 0.6) is 11.5 Å². The molecule has 2 heterocycles. The second-order valence-electron chi connectivity index (χ2n) is 6.36. The molecular weight excluding hydrogens is 340 g/mol. The topological polar surface area (TPSA) is 64.6 Å². The summed E-state index contributed by atoms with van der Waals surface area (Å²) in [6.07, 6.45) is -1.69. The Morgan fingerprint density at radius 1 is 1.00 bits per heavy atom. The normalized spacial score (nSPS) is 33.1. The predicted octanol–water partition coefficient (Wildman–Crippen LogP) is 2.18. The maximum Gasteiger partial charge on any atom is 0.208 e. The third-order valence-corrected chi connectivity index (χ3v) is 5.02. The van der Waals surface area contributed by atoms with E-state index in [-0.39, 0.29) is 30.3 Å². The number of benzene rings is 1. The lowest BCUT2D eigenvalue weighted by Crippen LogP contribution is -2.61. The molecule has 2 aliphatic rings. The van der Waals surface area contributed by atoms with Crippen molar-refractivity contribution in [2.24, 2.45) is 5.92 Å². The summed E-state index contributed by atoms with van der Waals surface area (Å²) in [6.45, 7) is 2.86. The number of hydrogen-bond donors (Lipinski definition) is 0. The van der Waals surface area contributed by atoms with E-state index in [1.54, 1.807) is 28.4 Å². The Kier molecular flexibility index (Phi) is 6.37. The molecule has 26 heavy (non-hydrogen) atoms. The SMILES string of the molecule is CCOc1cccc2c1O[C@@H]1O[C@H](COC)[C@@H](OC)[C@H](OC)[C@@H]1[C@H]2OC. The summed E-state index contributed by atoms with van der Waals surface area (Å²) < 4.78 is 40.8. The molecule has 0 spiro atoms. The summed E-state index contributed by atoms with van der Waals surface area (Å²) in [4.78, 5) is 0. The lowest BCUT2D eigenvalue weighted by atomic mass is 9.81. The van der Waals surface area contributed by atoms with Crippen LogP contribution in [0.25, 0.3) is 0 Å². The zero-order valence-corrected chi connectivity index (χ0v) is 16.0. The van der Waals surface area contributed by atoms with Gasteiger partial charge in [0.25, 0.3) is 0 Å². The number of para-hydroxylation sites is 1. The fraction of sp³-hybridized carbons (Fsp3) is 0.684. The molecule has 1 aromatic carbocycles. The summed E-state index contributed by atoms with van der Waals surface area (Å²) in [5.74, 6) is 1.15. The highest BCUT2D eigenvalue weighted by Crippen LogP contribution is 2.50. The van der Waals surface area contributed by atoms with E-state index >= 15 is 0 Å². The number of rotatable bonds is 7.